The third-order valence-electron chi connectivity index (χ3n) is 2.76. The lowest BCUT2D eigenvalue weighted by molar-refractivity contribution is 0.176. The summed E-state index contributed by atoms with van der Waals surface area (Å²) >= 11 is 6.64. The van der Waals surface area contributed by atoms with Crippen LogP contribution in [0, 0.1) is 11.6 Å². The van der Waals surface area contributed by atoms with E-state index in [4.69, 9.17) is 0 Å². The molecule has 0 aliphatic rings. The molecule has 1 nitrogen and oxygen atoms in total. The van der Waals surface area contributed by atoms with E-state index in [1.807, 2.05) is 6.07 Å². The molecule has 0 radical (unpaired) electrons. The number of halogens is 4. The highest BCUT2D eigenvalue weighted by Crippen LogP contribution is 2.29. The van der Waals surface area contributed by atoms with Crippen LogP contribution in [-0.4, -0.2) is 5.11 Å². The smallest absolute Gasteiger partial charge is 0.162 e. The maximum absolute atomic E-state index is 13.6. The van der Waals surface area contributed by atoms with Gasteiger partial charge in [0.25, 0.3) is 0 Å². The molecule has 19 heavy (non-hydrogen) atoms. The first-order valence-corrected chi connectivity index (χ1v) is 7.13. The molecule has 100 valence electrons. The second kappa shape index (κ2) is 6.11. The van der Waals surface area contributed by atoms with Crippen LogP contribution in [-0.2, 0) is 6.42 Å². The number of aliphatic hydroxyl groups is 1. The van der Waals surface area contributed by atoms with E-state index < -0.39 is 17.7 Å². The molecule has 0 aliphatic carbocycles. The molecule has 0 heterocycles. The van der Waals surface area contributed by atoms with Crippen LogP contribution in [0.5, 0.6) is 0 Å². The van der Waals surface area contributed by atoms with Crippen LogP contribution in [0.3, 0.4) is 0 Å². The standard InChI is InChI=1S/C14H10Br2F2O/c15-9-4-5-11(16)10(7-9)13(19)6-8-2-1-3-12(17)14(8)18/h1-5,7,13,19H,6H2. The highest BCUT2D eigenvalue weighted by atomic mass is 79.9. The van der Waals surface area contributed by atoms with E-state index in [1.54, 1.807) is 12.1 Å². The molecule has 2 aromatic carbocycles. The Labute approximate surface area is 126 Å². The van der Waals surface area contributed by atoms with Gasteiger partial charge in [-0.1, -0.05) is 44.0 Å². The molecule has 5 heteroatoms. The normalized spacial score (nSPS) is 12.5. The highest BCUT2D eigenvalue weighted by molar-refractivity contribution is 9.11. The van der Waals surface area contributed by atoms with E-state index in [1.165, 1.54) is 12.1 Å². The Morgan fingerprint density at radius 1 is 1.11 bits per heavy atom. The molecule has 0 aromatic heterocycles. The Morgan fingerprint density at radius 3 is 2.58 bits per heavy atom. The van der Waals surface area contributed by atoms with E-state index in [9.17, 15) is 13.9 Å². The van der Waals surface area contributed by atoms with E-state index in [0.29, 0.717) is 5.56 Å². The lowest BCUT2D eigenvalue weighted by Gasteiger charge is -2.14. The minimum absolute atomic E-state index is 0.0125. The van der Waals surface area contributed by atoms with E-state index >= 15 is 0 Å². The van der Waals surface area contributed by atoms with Crippen molar-refractivity contribution in [3.05, 3.63) is 68.1 Å². The Hall–Kier alpha value is -0.780. The summed E-state index contributed by atoms with van der Waals surface area (Å²) in [5, 5.41) is 10.2. The fourth-order valence-electron chi connectivity index (χ4n) is 1.79. The zero-order valence-electron chi connectivity index (χ0n) is 9.71. The number of aliphatic hydroxyl groups excluding tert-OH is 1. The van der Waals surface area contributed by atoms with Gasteiger partial charge in [0.2, 0.25) is 0 Å². The molecular formula is C14H10Br2F2O. The van der Waals surface area contributed by atoms with E-state index in [-0.39, 0.29) is 12.0 Å². The van der Waals surface area contributed by atoms with Gasteiger partial charge in [0.1, 0.15) is 0 Å². The molecule has 0 fully saturated rings. The maximum atomic E-state index is 13.6. The van der Waals surface area contributed by atoms with Crippen LogP contribution in [0.25, 0.3) is 0 Å². The van der Waals surface area contributed by atoms with Crippen LogP contribution >= 0.6 is 31.9 Å². The molecule has 1 N–H and O–H groups in total. The molecule has 0 saturated heterocycles. The van der Waals surface area contributed by atoms with E-state index in [2.05, 4.69) is 31.9 Å². The van der Waals surface area contributed by atoms with Crippen LogP contribution in [0.2, 0.25) is 0 Å². The minimum atomic E-state index is -0.914. The first-order chi connectivity index (χ1) is 8.99. The van der Waals surface area contributed by atoms with Crippen molar-refractivity contribution in [2.75, 3.05) is 0 Å². The average Bonchev–Trinajstić information content (AvgIpc) is 2.38. The Kier molecular flexibility index (Phi) is 4.71. The Bertz CT molecular complexity index is 602. The predicted octanol–water partition coefficient (Wildman–Crippen LogP) is 4.77. The molecule has 2 rings (SSSR count). The zero-order chi connectivity index (χ0) is 14.0. The summed E-state index contributed by atoms with van der Waals surface area (Å²) < 4.78 is 28.2. The number of benzene rings is 2. The van der Waals surface area contributed by atoms with Gasteiger partial charge in [-0.05, 0) is 35.4 Å². The summed E-state index contributed by atoms with van der Waals surface area (Å²) in [6, 6.07) is 9.30. The summed E-state index contributed by atoms with van der Waals surface area (Å²) in [4.78, 5) is 0. The number of hydrogen-bond donors (Lipinski definition) is 1. The van der Waals surface area contributed by atoms with Crippen molar-refractivity contribution >= 4 is 31.9 Å². The third kappa shape index (κ3) is 3.41. The molecule has 0 aliphatic heterocycles. The lowest BCUT2D eigenvalue weighted by atomic mass is 10.0. The van der Waals surface area contributed by atoms with Crippen LogP contribution < -0.4 is 0 Å². The molecule has 0 spiro atoms. The maximum Gasteiger partial charge on any atom is 0.162 e. The molecule has 2 aromatic rings. The second-order valence-corrected chi connectivity index (χ2v) is 5.87. The predicted molar refractivity (Wildman–Crippen MR) is 76.9 cm³/mol. The molecule has 1 unspecified atom stereocenters. The molecular weight excluding hydrogens is 382 g/mol. The second-order valence-electron chi connectivity index (χ2n) is 4.10. The van der Waals surface area contributed by atoms with Crippen molar-refractivity contribution in [2.45, 2.75) is 12.5 Å². The van der Waals surface area contributed by atoms with E-state index in [0.717, 1.165) is 15.0 Å². The third-order valence-corrected chi connectivity index (χ3v) is 3.98. The zero-order valence-corrected chi connectivity index (χ0v) is 12.9. The molecule has 0 amide bonds. The lowest BCUT2D eigenvalue weighted by Crippen LogP contribution is -2.05. The quantitative estimate of drug-likeness (QED) is 0.799. The summed E-state index contributed by atoms with van der Waals surface area (Å²) in [5.41, 5.74) is 0.775. The summed E-state index contributed by atoms with van der Waals surface area (Å²) in [5.74, 6) is -1.81. The SMILES string of the molecule is OC(Cc1cccc(F)c1F)c1cc(Br)ccc1Br. The van der Waals surface area contributed by atoms with Gasteiger partial charge in [-0.2, -0.15) is 0 Å². The van der Waals surface area contributed by atoms with Crippen LogP contribution in [0.1, 0.15) is 17.2 Å². The van der Waals surface area contributed by atoms with Gasteiger partial charge in [0, 0.05) is 15.4 Å². The van der Waals surface area contributed by atoms with Gasteiger partial charge < -0.3 is 5.11 Å². The molecule has 0 bridgehead atoms. The first-order valence-electron chi connectivity index (χ1n) is 5.55. The van der Waals surface area contributed by atoms with Crippen molar-refractivity contribution in [1.82, 2.24) is 0 Å². The largest absolute Gasteiger partial charge is 0.388 e. The molecule has 0 saturated carbocycles. The van der Waals surface area contributed by atoms with Crippen molar-refractivity contribution in [3.8, 4) is 0 Å². The van der Waals surface area contributed by atoms with Crippen LogP contribution in [0.15, 0.2) is 45.3 Å². The van der Waals surface area contributed by atoms with Crippen molar-refractivity contribution < 1.29 is 13.9 Å². The van der Waals surface area contributed by atoms with Gasteiger partial charge in [-0.3, -0.25) is 0 Å². The molecule has 1 atom stereocenters. The first kappa shape index (κ1) is 14.6. The highest BCUT2D eigenvalue weighted by Gasteiger charge is 2.16. The van der Waals surface area contributed by atoms with Gasteiger partial charge >= 0.3 is 0 Å². The van der Waals surface area contributed by atoms with Gasteiger partial charge in [0.05, 0.1) is 6.10 Å². The van der Waals surface area contributed by atoms with Crippen molar-refractivity contribution in [3.63, 3.8) is 0 Å². The summed E-state index contributed by atoms with van der Waals surface area (Å²) in [6.07, 6.45) is -0.901. The topological polar surface area (TPSA) is 20.2 Å². The minimum Gasteiger partial charge on any atom is -0.388 e. The Morgan fingerprint density at radius 2 is 1.84 bits per heavy atom. The van der Waals surface area contributed by atoms with Crippen molar-refractivity contribution in [2.24, 2.45) is 0 Å². The average molecular weight is 392 g/mol. The van der Waals surface area contributed by atoms with Gasteiger partial charge in [-0.25, -0.2) is 8.78 Å². The number of hydrogen-bond acceptors (Lipinski definition) is 1. The number of rotatable bonds is 3. The monoisotopic (exact) mass is 390 g/mol. The fraction of sp³-hybridized carbons (Fsp3) is 0.143. The summed E-state index contributed by atoms with van der Waals surface area (Å²) in [6.45, 7) is 0. The Balaban J connectivity index is 2.28. The van der Waals surface area contributed by atoms with Gasteiger partial charge in [-0.15, -0.1) is 0 Å². The van der Waals surface area contributed by atoms with Gasteiger partial charge in [0.15, 0.2) is 11.6 Å². The fourth-order valence-corrected chi connectivity index (χ4v) is 2.68. The summed E-state index contributed by atoms with van der Waals surface area (Å²) in [7, 11) is 0. The van der Waals surface area contributed by atoms with Crippen molar-refractivity contribution in [1.29, 1.82) is 0 Å². The van der Waals surface area contributed by atoms with Crippen LogP contribution in [0.4, 0.5) is 8.78 Å².